The molecule has 3 aromatic rings. The quantitative estimate of drug-likeness (QED) is 0.451. The predicted molar refractivity (Wildman–Crippen MR) is 123 cm³/mol. The number of rotatable bonds is 7. The van der Waals surface area contributed by atoms with Gasteiger partial charge < -0.3 is 14.7 Å². The predicted octanol–water partition coefficient (Wildman–Crippen LogP) is 5.12. The van der Waals surface area contributed by atoms with Crippen LogP contribution in [0.4, 0.5) is 18.3 Å². The van der Waals surface area contributed by atoms with Gasteiger partial charge in [0.1, 0.15) is 18.5 Å². The number of β-amino-alcohol motifs (C(OH)–C–C–N with tert-alkyl or cyclic N) is 1. The molecule has 1 fully saturated rings. The highest BCUT2D eigenvalue weighted by molar-refractivity contribution is 8.00. The fourth-order valence-corrected chi connectivity index (χ4v) is 5.26. The molecule has 0 bridgehead atoms. The van der Waals surface area contributed by atoms with Gasteiger partial charge in [-0.1, -0.05) is 22.9 Å². The van der Waals surface area contributed by atoms with E-state index in [2.05, 4.69) is 14.8 Å². The summed E-state index contributed by atoms with van der Waals surface area (Å²) in [6, 6.07) is 11.4. The molecule has 0 radical (unpaired) electrons. The summed E-state index contributed by atoms with van der Waals surface area (Å²) in [5.41, 5.74) is -3.38. The molecule has 1 saturated heterocycles. The normalized spacial score (nSPS) is 16.5. The topological polar surface area (TPSA) is 48.8 Å². The standard InChI is InChI=1S/C21H21ClF3N3O2S2/c22-14-1-6-18-19(11-14)31-20(26-18)28-9-7-27(8-10-28)12-15(29)13-30-16-2-4-17(5-3-16)32-21(23,24)25/h1-6,11,15,29H,7-10,12-13H2/t15-/m1/s1. The number of fused-ring (bicyclic) bond motifs is 1. The van der Waals surface area contributed by atoms with Crippen LogP contribution >= 0.6 is 34.7 Å². The summed E-state index contributed by atoms with van der Waals surface area (Å²) in [5.74, 6) is 0.427. The number of benzene rings is 2. The molecule has 2 aromatic carbocycles. The van der Waals surface area contributed by atoms with Crippen LogP contribution in [0.15, 0.2) is 47.4 Å². The van der Waals surface area contributed by atoms with Crippen molar-refractivity contribution in [2.45, 2.75) is 16.5 Å². The second-order valence-electron chi connectivity index (χ2n) is 7.38. The lowest BCUT2D eigenvalue weighted by atomic mass is 10.2. The van der Waals surface area contributed by atoms with Crippen LogP contribution in [0.5, 0.6) is 5.75 Å². The Balaban J connectivity index is 1.21. The molecule has 1 aliphatic heterocycles. The van der Waals surface area contributed by atoms with Gasteiger partial charge in [0.05, 0.1) is 10.2 Å². The number of nitrogens with zero attached hydrogens (tertiary/aromatic N) is 3. The molecule has 0 amide bonds. The van der Waals surface area contributed by atoms with Crippen LogP contribution in [0.3, 0.4) is 0 Å². The van der Waals surface area contributed by atoms with Crippen molar-refractivity contribution in [2.24, 2.45) is 0 Å². The van der Waals surface area contributed by atoms with E-state index in [1.165, 1.54) is 24.3 Å². The first-order chi connectivity index (χ1) is 15.2. The monoisotopic (exact) mass is 503 g/mol. The number of anilines is 1. The van der Waals surface area contributed by atoms with E-state index in [-0.39, 0.29) is 23.3 Å². The Kier molecular flexibility index (Phi) is 7.36. The number of aromatic nitrogens is 1. The number of aliphatic hydroxyl groups is 1. The van der Waals surface area contributed by atoms with Crippen molar-refractivity contribution in [1.82, 2.24) is 9.88 Å². The molecule has 1 aromatic heterocycles. The molecule has 172 valence electrons. The molecule has 0 unspecified atom stereocenters. The summed E-state index contributed by atoms with van der Waals surface area (Å²) in [7, 11) is 0. The van der Waals surface area contributed by atoms with Crippen LogP contribution in [0, 0.1) is 0 Å². The van der Waals surface area contributed by atoms with Crippen molar-refractivity contribution in [2.75, 3.05) is 44.2 Å². The van der Waals surface area contributed by atoms with Crippen molar-refractivity contribution < 1.29 is 23.0 Å². The molecule has 1 atom stereocenters. The maximum absolute atomic E-state index is 12.4. The SMILES string of the molecule is O[C@@H](COc1ccc(SC(F)(F)F)cc1)CN1CCN(c2nc3ccc(Cl)cc3s2)CC1. The van der Waals surface area contributed by atoms with Gasteiger partial charge in [-0.3, -0.25) is 4.90 Å². The van der Waals surface area contributed by atoms with Gasteiger partial charge in [-0.15, -0.1) is 0 Å². The van der Waals surface area contributed by atoms with E-state index in [1.54, 1.807) is 11.3 Å². The van der Waals surface area contributed by atoms with Gasteiger partial charge in [-0.25, -0.2) is 4.98 Å². The first-order valence-corrected chi connectivity index (χ1v) is 12.0. The van der Waals surface area contributed by atoms with Crippen molar-refractivity contribution in [3.05, 3.63) is 47.5 Å². The summed E-state index contributed by atoms with van der Waals surface area (Å²) < 4.78 is 43.8. The zero-order valence-electron chi connectivity index (χ0n) is 16.9. The highest BCUT2D eigenvalue weighted by Gasteiger charge is 2.29. The van der Waals surface area contributed by atoms with Gasteiger partial charge in [0.25, 0.3) is 0 Å². The van der Waals surface area contributed by atoms with Crippen molar-refractivity contribution in [3.63, 3.8) is 0 Å². The van der Waals surface area contributed by atoms with Crippen LogP contribution in [0.1, 0.15) is 0 Å². The van der Waals surface area contributed by atoms with Gasteiger partial charge in [-0.05, 0) is 54.2 Å². The average Bonchev–Trinajstić information content (AvgIpc) is 3.16. The van der Waals surface area contributed by atoms with Crippen LogP contribution in [-0.2, 0) is 0 Å². The Bertz CT molecular complexity index is 1040. The van der Waals surface area contributed by atoms with Crippen molar-refractivity contribution >= 4 is 50.0 Å². The van der Waals surface area contributed by atoms with E-state index in [1.807, 2.05) is 18.2 Å². The Morgan fingerprint density at radius 2 is 1.84 bits per heavy atom. The number of hydrogen-bond donors (Lipinski definition) is 1. The highest BCUT2D eigenvalue weighted by Crippen LogP contribution is 2.37. The van der Waals surface area contributed by atoms with Crippen LogP contribution in [-0.4, -0.2) is 65.9 Å². The molecule has 4 rings (SSSR count). The third-order valence-corrected chi connectivity index (χ3v) is 7.00. The Morgan fingerprint density at radius 1 is 1.12 bits per heavy atom. The van der Waals surface area contributed by atoms with Gasteiger partial charge in [0.15, 0.2) is 5.13 Å². The van der Waals surface area contributed by atoms with E-state index in [4.69, 9.17) is 16.3 Å². The second kappa shape index (κ2) is 10.0. The maximum Gasteiger partial charge on any atom is 0.446 e. The van der Waals surface area contributed by atoms with E-state index >= 15 is 0 Å². The number of alkyl halides is 3. The molecule has 0 aliphatic carbocycles. The maximum atomic E-state index is 12.4. The van der Waals surface area contributed by atoms with Crippen LogP contribution in [0.25, 0.3) is 10.2 Å². The first-order valence-electron chi connectivity index (χ1n) is 9.95. The molecule has 32 heavy (non-hydrogen) atoms. The van der Waals surface area contributed by atoms with Gasteiger partial charge >= 0.3 is 5.51 Å². The summed E-state index contributed by atoms with van der Waals surface area (Å²) in [4.78, 5) is 9.18. The molecular weight excluding hydrogens is 483 g/mol. The highest BCUT2D eigenvalue weighted by atomic mass is 35.5. The van der Waals surface area contributed by atoms with Crippen molar-refractivity contribution in [3.8, 4) is 5.75 Å². The number of thiazole rings is 1. The second-order valence-corrected chi connectivity index (χ2v) is 9.96. The lowest BCUT2D eigenvalue weighted by Crippen LogP contribution is -2.49. The zero-order chi connectivity index (χ0) is 22.7. The summed E-state index contributed by atoms with van der Waals surface area (Å²) >= 11 is 7.51. The fraction of sp³-hybridized carbons (Fsp3) is 0.381. The third-order valence-electron chi connectivity index (χ3n) is 4.95. The molecule has 0 spiro atoms. The number of piperazine rings is 1. The lowest BCUT2D eigenvalue weighted by molar-refractivity contribution is -0.0328. The van der Waals surface area contributed by atoms with Gasteiger partial charge in [0.2, 0.25) is 0 Å². The van der Waals surface area contributed by atoms with E-state index in [0.717, 1.165) is 41.5 Å². The third kappa shape index (κ3) is 6.41. The minimum atomic E-state index is -4.32. The van der Waals surface area contributed by atoms with Crippen LogP contribution in [0.2, 0.25) is 5.02 Å². The lowest BCUT2D eigenvalue weighted by Gasteiger charge is -2.35. The Hall–Kier alpha value is -1.72. The van der Waals surface area contributed by atoms with Crippen molar-refractivity contribution in [1.29, 1.82) is 0 Å². The van der Waals surface area contributed by atoms with Gasteiger partial charge in [0, 0.05) is 42.6 Å². The number of ether oxygens (including phenoxy) is 1. The minimum absolute atomic E-state index is 0.0740. The fourth-order valence-electron chi connectivity index (χ4n) is 3.42. The number of hydrogen-bond acceptors (Lipinski definition) is 7. The molecule has 5 nitrogen and oxygen atoms in total. The summed E-state index contributed by atoms with van der Waals surface area (Å²) in [5, 5.41) is 12.0. The zero-order valence-corrected chi connectivity index (χ0v) is 19.3. The molecule has 11 heteroatoms. The number of thioether (sulfide) groups is 1. The average molecular weight is 504 g/mol. The summed E-state index contributed by atoms with van der Waals surface area (Å²) in [6.45, 7) is 3.73. The molecule has 1 N–H and O–H groups in total. The largest absolute Gasteiger partial charge is 0.491 e. The molecule has 0 saturated carbocycles. The first kappa shape index (κ1) is 23.4. The molecule has 2 heterocycles. The molecular formula is C21H21ClF3N3O2S2. The van der Waals surface area contributed by atoms with Crippen LogP contribution < -0.4 is 9.64 Å². The molecule has 1 aliphatic rings. The van der Waals surface area contributed by atoms with E-state index in [0.29, 0.717) is 17.3 Å². The smallest absolute Gasteiger partial charge is 0.446 e. The minimum Gasteiger partial charge on any atom is -0.491 e. The summed E-state index contributed by atoms with van der Waals surface area (Å²) in [6.07, 6.45) is -0.699. The Morgan fingerprint density at radius 3 is 2.53 bits per heavy atom. The van der Waals surface area contributed by atoms with E-state index < -0.39 is 11.6 Å². The van der Waals surface area contributed by atoms with Gasteiger partial charge in [-0.2, -0.15) is 13.2 Å². The Labute approximate surface area is 196 Å². The number of aliphatic hydroxyl groups excluding tert-OH is 1. The van der Waals surface area contributed by atoms with E-state index in [9.17, 15) is 18.3 Å². The number of halogens is 4.